The molecule has 168 valence electrons. The van der Waals surface area contributed by atoms with Crippen molar-refractivity contribution >= 4 is 45.7 Å². The third kappa shape index (κ3) is 6.20. The van der Waals surface area contributed by atoms with E-state index < -0.39 is 23.6 Å². The van der Waals surface area contributed by atoms with Gasteiger partial charge in [0.1, 0.15) is 5.75 Å². The minimum absolute atomic E-state index is 0.179. The third-order valence-electron chi connectivity index (χ3n) is 3.89. The van der Waals surface area contributed by atoms with E-state index in [9.17, 15) is 22.8 Å². The lowest BCUT2D eigenvalue weighted by molar-refractivity contribution is -0.137. The Morgan fingerprint density at radius 2 is 1.78 bits per heavy atom. The van der Waals surface area contributed by atoms with Crippen molar-refractivity contribution in [1.82, 2.24) is 10.2 Å². The number of carbonyl (C=O) groups is 2. The number of halogens is 3. The molecule has 7 nitrogen and oxygen atoms in total. The zero-order valence-electron chi connectivity index (χ0n) is 16.6. The Bertz CT molecular complexity index is 1110. The molecule has 0 aliphatic carbocycles. The zero-order chi connectivity index (χ0) is 23.1. The van der Waals surface area contributed by atoms with Gasteiger partial charge in [-0.2, -0.15) is 13.2 Å². The summed E-state index contributed by atoms with van der Waals surface area (Å²) >= 11 is 2.03. The number of hydrogen-bond acceptors (Lipinski definition) is 7. The van der Waals surface area contributed by atoms with Crippen molar-refractivity contribution in [2.24, 2.45) is 0 Å². The average Bonchev–Trinajstić information content (AvgIpc) is 3.20. The summed E-state index contributed by atoms with van der Waals surface area (Å²) in [7, 11) is 0. The number of alkyl halides is 3. The van der Waals surface area contributed by atoms with Crippen LogP contribution in [0.1, 0.15) is 22.8 Å². The topological polar surface area (TPSA) is 93.2 Å². The van der Waals surface area contributed by atoms with Gasteiger partial charge in [0.15, 0.2) is 4.34 Å². The predicted octanol–water partition coefficient (Wildman–Crippen LogP) is 4.94. The third-order valence-corrected chi connectivity index (χ3v) is 5.86. The fraction of sp³-hybridized carbons (Fsp3) is 0.200. The van der Waals surface area contributed by atoms with Crippen molar-refractivity contribution in [3.63, 3.8) is 0 Å². The number of rotatable bonds is 8. The molecule has 0 radical (unpaired) electrons. The SMILES string of the molecule is CCOc1ccccc1C(=O)Nc1nnc(SCC(=O)Nc2ccccc2C(F)(F)F)s1. The summed E-state index contributed by atoms with van der Waals surface area (Å²) in [4.78, 5) is 24.6. The van der Waals surface area contributed by atoms with Crippen molar-refractivity contribution in [2.75, 3.05) is 23.0 Å². The lowest BCUT2D eigenvalue weighted by Gasteiger charge is -2.13. The van der Waals surface area contributed by atoms with Crippen LogP contribution in [0.3, 0.4) is 0 Å². The Morgan fingerprint density at radius 3 is 2.53 bits per heavy atom. The van der Waals surface area contributed by atoms with Gasteiger partial charge in [0.2, 0.25) is 11.0 Å². The maximum atomic E-state index is 13.0. The quantitative estimate of drug-likeness (QED) is 0.349. The van der Waals surface area contributed by atoms with Gasteiger partial charge >= 0.3 is 6.18 Å². The average molecular weight is 483 g/mol. The number of thioether (sulfide) groups is 1. The number of nitrogens with one attached hydrogen (secondary N) is 2. The van der Waals surface area contributed by atoms with E-state index in [2.05, 4.69) is 20.8 Å². The zero-order valence-corrected chi connectivity index (χ0v) is 18.2. The highest BCUT2D eigenvalue weighted by Crippen LogP contribution is 2.35. The van der Waals surface area contributed by atoms with Crippen molar-refractivity contribution < 1.29 is 27.5 Å². The van der Waals surface area contributed by atoms with Gasteiger partial charge < -0.3 is 10.1 Å². The molecule has 0 unspecified atom stereocenters. The van der Waals surface area contributed by atoms with E-state index in [0.717, 1.165) is 29.2 Å². The maximum absolute atomic E-state index is 13.0. The molecule has 0 bridgehead atoms. The molecular formula is C20H17F3N4O3S2. The summed E-state index contributed by atoms with van der Waals surface area (Å²) < 4.78 is 44.9. The van der Waals surface area contributed by atoms with Gasteiger partial charge in [0.25, 0.3) is 5.91 Å². The summed E-state index contributed by atoms with van der Waals surface area (Å²) in [5, 5.41) is 12.8. The molecule has 2 N–H and O–H groups in total. The lowest BCUT2D eigenvalue weighted by atomic mass is 10.1. The standard InChI is InChI=1S/C20H17F3N4O3S2/c1-2-30-15-10-6-3-7-12(15)17(29)25-18-26-27-19(32-18)31-11-16(28)24-14-9-5-4-8-13(14)20(21,22)23/h3-10H,2,11H2,1H3,(H,24,28)(H,25,26,29). The fourth-order valence-corrected chi connectivity index (χ4v) is 4.12. The van der Waals surface area contributed by atoms with Crippen molar-refractivity contribution in [1.29, 1.82) is 0 Å². The summed E-state index contributed by atoms with van der Waals surface area (Å²) in [6, 6.07) is 11.5. The second-order valence-corrected chi connectivity index (χ2v) is 8.34. The number of benzene rings is 2. The lowest BCUT2D eigenvalue weighted by Crippen LogP contribution is -2.18. The Labute approximate surface area is 189 Å². The smallest absolute Gasteiger partial charge is 0.418 e. The van der Waals surface area contributed by atoms with Crippen LogP contribution in [0.5, 0.6) is 5.75 Å². The number of carbonyl (C=O) groups excluding carboxylic acids is 2. The highest BCUT2D eigenvalue weighted by atomic mass is 32.2. The molecule has 1 heterocycles. The van der Waals surface area contributed by atoms with Crippen LogP contribution in [0, 0.1) is 0 Å². The van der Waals surface area contributed by atoms with E-state index in [-0.39, 0.29) is 16.6 Å². The first-order valence-electron chi connectivity index (χ1n) is 9.23. The number of amides is 2. The van der Waals surface area contributed by atoms with E-state index in [4.69, 9.17) is 4.74 Å². The molecule has 1 aromatic heterocycles. The van der Waals surface area contributed by atoms with Gasteiger partial charge in [-0.3, -0.25) is 14.9 Å². The number of para-hydroxylation sites is 2. The van der Waals surface area contributed by atoms with Crippen LogP contribution >= 0.6 is 23.1 Å². The first-order valence-corrected chi connectivity index (χ1v) is 11.0. The largest absolute Gasteiger partial charge is 0.493 e. The Kier molecular flexibility index (Phi) is 7.70. The van der Waals surface area contributed by atoms with E-state index >= 15 is 0 Å². The minimum atomic E-state index is -4.58. The molecule has 0 aliphatic heterocycles. The van der Waals surface area contributed by atoms with Crippen LogP contribution in [0.15, 0.2) is 52.9 Å². The highest BCUT2D eigenvalue weighted by Gasteiger charge is 2.33. The number of hydrogen-bond donors (Lipinski definition) is 2. The highest BCUT2D eigenvalue weighted by molar-refractivity contribution is 8.01. The molecule has 2 aromatic carbocycles. The fourth-order valence-electron chi connectivity index (χ4n) is 2.57. The van der Waals surface area contributed by atoms with E-state index in [1.54, 1.807) is 31.2 Å². The van der Waals surface area contributed by atoms with Crippen LogP contribution in [-0.4, -0.2) is 34.4 Å². The number of aromatic nitrogens is 2. The van der Waals surface area contributed by atoms with Crippen LogP contribution in [0.2, 0.25) is 0 Å². The number of ether oxygens (including phenoxy) is 1. The monoisotopic (exact) mass is 482 g/mol. The van der Waals surface area contributed by atoms with Crippen molar-refractivity contribution in [2.45, 2.75) is 17.4 Å². The Morgan fingerprint density at radius 1 is 1.06 bits per heavy atom. The van der Waals surface area contributed by atoms with Crippen molar-refractivity contribution in [3.05, 3.63) is 59.7 Å². The molecule has 0 aliphatic rings. The van der Waals surface area contributed by atoms with Gasteiger partial charge in [-0.05, 0) is 31.2 Å². The maximum Gasteiger partial charge on any atom is 0.418 e. The molecule has 32 heavy (non-hydrogen) atoms. The summed E-state index contributed by atoms with van der Waals surface area (Å²) in [6.07, 6.45) is -4.58. The summed E-state index contributed by atoms with van der Waals surface area (Å²) in [5.41, 5.74) is -0.906. The normalized spacial score (nSPS) is 11.1. The molecule has 0 fully saturated rings. The molecule has 2 amide bonds. The second-order valence-electron chi connectivity index (χ2n) is 6.14. The number of anilines is 2. The molecule has 0 spiro atoms. The van der Waals surface area contributed by atoms with Gasteiger partial charge in [-0.1, -0.05) is 47.4 Å². The summed E-state index contributed by atoms with van der Waals surface area (Å²) in [5.74, 6) is -0.800. The second kappa shape index (κ2) is 10.5. The van der Waals surface area contributed by atoms with E-state index in [1.807, 2.05) is 0 Å². The molecule has 0 saturated heterocycles. The van der Waals surface area contributed by atoms with E-state index in [0.29, 0.717) is 22.3 Å². The minimum Gasteiger partial charge on any atom is -0.493 e. The van der Waals surface area contributed by atoms with Gasteiger partial charge in [0, 0.05) is 0 Å². The predicted molar refractivity (Wildman–Crippen MR) is 116 cm³/mol. The first kappa shape index (κ1) is 23.5. The molecule has 0 atom stereocenters. The molecule has 3 rings (SSSR count). The molecule has 0 saturated carbocycles. The molecular weight excluding hydrogens is 465 g/mol. The van der Waals surface area contributed by atoms with Crippen molar-refractivity contribution in [3.8, 4) is 5.75 Å². The Hall–Kier alpha value is -3.12. The molecule has 12 heteroatoms. The number of nitrogens with zero attached hydrogens (tertiary/aromatic N) is 2. The van der Waals surface area contributed by atoms with Crippen LogP contribution < -0.4 is 15.4 Å². The van der Waals surface area contributed by atoms with Gasteiger partial charge in [-0.25, -0.2) is 0 Å². The van der Waals surface area contributed by atoms with Gasteiger partial charge in [-0.15, -0.1) is 10.2 Å². The summed E-state index contributed by atoms with van der Waals surface area (Å²) in [6.45, 7) is 2.21. The van der Waals surface area contributed by atoms with Crippen LogP contribution in [0.4, 0.5) is 24.0 Å². The molecule has 3 aromatic rings. The van der Waals surface area contributed by atoms with Gasteiger partial charge in [0.05, 0.1) is 29.2 Å². The van der Waals surface area contributed by atoms with Crippen LogP contribution in [-0.2, 0) is 11.0 Å². The Balaban J connectivity index is 1.57. The van der Waals surface area contributed by atoms with E-state index in [1.165, 1.54) is 18.2 Å². The first-order chi connectivity index (χ1) is 15.3. The van der Waals surface area contributed by atoms with Crippen LogP contribution in [0.25, 0.3) is 0 Å².